The first-order chi connectivity index (χ1) is 19.0. The molecule has 3 heterocycles. The Morgan fingerprint density at radius 2 is 1.97 bits per heavy atom. The molecule has 3 aromatic heterocycles. The summed E-state index contributed by atoms with van der Waals surface area (Å²) < 4.78 is 9.35. The summed E-state index contributed by atoms with van der Waals surface area (Å²) in [6.07, 6.45) is 12.5. The molecule has 10 nitrogen and oxygen atoms in total. The third-order valence-electron chi connectivity index (χ3n) is 7.23. The molecule has 0 aliphatic heterocycles. The van der Waals surface area contributed by atoms with Crippen LogP contribution in [0.3, 0.4) is 0 Å². The third kappa shape index (κ3) is 6.14. The maximum atomic E-state index is 12.3. The highest BCUT2D eigenvalue weighted by Crippen LogP contribution is 2.36. The smallest absolute Gasteiger partial charge is 0.310 e. The number of esters is 1. The number of amides is 1. The molecule has 0 saturated heterocycles. The molecule has 1 amide bonds. The Hall–Kier alpha value is -4.52. The lowest BCUT2D eigenvalue weighted by Gasteiger charge is -2.21. The molecule has 1 aliphatic rings. The monoisotopic (exact) mass is 525 g/mol. The van der Waals surface area contributed by atoms with Gasteiger partial charge in [0.1, 0.15) is 18.6 Å². The van der Waals surface area contributed by atoms with E-state index in [2.05, 4.69) is 26.5 Å². The second kappa shape index (κ2) is 11.9. The van der Waals surface area contributed by atoms with E-state index in [4.69, 9.17) is 4.74 Å². The van der Waals surface area contributed by atoms with Crippen molar-refractivity contribution >= 4 is 28.6 Å². The summed E-state index contributed by atoms with van der Waals surface area (Å²) in [7, 11) is 0. The predicted octanol–water partition coefficient (Wildman–Crippen LogP) is 4.68. The number of nitrogens with one attached hydrogen (secondary N) is 1. The van der Waals surface area contributed by atoms with Gasteiger partial charge in [0.2, 0.25) is 5.91 Å². The van der Waals surface area contributed by atoms with Crippen LogP contribution < -0.4 is 5.32 Å². The van der Waals surface area contributed by atoms with E-state index in [1.807, 2.05) is 33.9 Å². The van der Waals surface area contributed by atoms with E-state index in [-0.39, 0.29) is 30.9 Å². The number of carbonyl (C=O) groups excluding carboxylic acids is 2. The van der Waals surface area contributed by atoms with E-state index < -0.39 is 0 Å². The fourth-order valence-electron chi connectivity index (χ4n) is 5.35. The Balaban J connectivity index is 1.22. The molecule has 1 atom stereocenters. The summed E-state index contributed by atoms with van der Waals surface area (Å²) in [6, 6.07) is 11.5. The molecule has 1 N–H and O–H groups in total. The van der Waals surface area contributed by atoms with E-state index in [0.29, 0.717) is 24.6 Å². The maximum Gasteiger partial charge on any atom is 0.310 e. The van der Waals surface area contributed by atoms with Gasteiger partial charge in [-0.1, -0.05) is 25.0 Å². The Bertz CT molecular complexity index is 1490. The topological polar surface area (TPSA) is 128 Å². The van der Waals surface area contributed by atoms with Crippen LogP contribution in [0.1, 0.15) is 50.6 Å². The second-order valence-corrected chi connectivity index (χ2v) is 9.93. The number of aromatic nitrogens is 5. The molecule has 1 aliphatic carbocycles. The summed E-state index contributed by atoms with van der Waals surface area (Å²) in [6.45, 7) is 2.12. The molecular weight excluding hydrogens is 494 g/mol. The van der Waals surface area contributed by atoms with Crippen molar-refractivity contribution in [3.8, 4) is 17.3 Å². The van der Waals surface area contributed by atoms with Crippen molar-refractivity contribution in [1.29, 1.82) is 5.26 Å². The standard InChI is InChI=1S/C29H31N7O3/c1-20(37)34-24-8-6-21(7-9-24)16-27(38)39-15-14-35-13-11-25-28(31-19-32-29(25)35)23-17-33-36(18-23)26(10-12-30)22-4-2-3-5-22/h6-9,11,13,17-19,22,26H,2-5,10,14-16H2,1H3,(H,34,37)/t26-/m1/s1. The van der Waals surface area contributed by atoms with Gasteiger partial charge in [-0.2, -0.15) is 10.4 Å². The van der Waals surface area contributed by atoms with Gasteiger partial charge < -0.3 is 14.6 Å². The Kier molecular flexibility index (Phi) is 7.96. The first kappa shape index (κ1) is 26.1. The lowest BCUT2D eigenvalue weighted by Crippen LogP contribution is -2.17. The van der Waals surface area contributed by atoms with Gasteiger partial charge in [0, 0.05) is 36.0 Å². The molecule has 0 unspecified atom stereocenters. The van der Waals surface area contributed by atoms with Crippen molar-refractivity contribution in [2.75, 3.05) is 11.9 Å². The Morgan fingerprint density at radius 3 is 2.72 bits per heavy atom. The van der Waals surface area contributed by atoms with E-state index in [1.165, 1.54) is 26.1 Å². The van der Waals surface area contributed by atoms with Crippen LogP contribution >= 0.6 is 0 Å². The highest BCUT2D eigenvalue weighted by atomic mass is 16.5. The molecule has 1 aromatic carbocycles. The zero-order chi connectivity index (χ0) is 27.2. The zero-order valence-corrected chi connectivity index (χ0v) is 21.9. The zero-order valence-electron chi connectivity index (χ0n) is 21.9. The third-order valence-corrected chi connectivity index (χ3v) is 7.23. The van der Waals surface area contributed by atoms with Crippen molar-refractivity contribution in [2.24, 2.45) is 5.92 Å². The van der Waals surface area contributed by atoms with Gasteiger partial charge in [0.15, 0.2) is 0 Å². The van der Waals surface area contributed by atoms with Gasteiger partial charge >= 0.3 is 5.97 Å². The second-order valence-electron chi connectivity index (χ2n) is 9.93. The van der Waals surface area contributed by atoms with Gasteiger partial charge in [0.05, 0.1) is 43.4 Å². The highest BCUT2D eigenvalue weighted by Gasteiger charge is 2.27. The number of benzene rings is 1. The maximum absolute atomic E-state index is 12.3. The lowest BCUT2D eigenvalue weighted by molar-refractivity contribution is -0.143. The van der Waals surface area contributed by atoms with E-state index in [0.717, 1.165) is 40.7 Å². The van der Waals surface area contributed by atoms with Gasteiger partial charge in [-0.05, 0) is 42.5 Å². The van der Waals surface area contributed by atoms with E-state index in [9.17, 15) is 14.9 Å². The number of nitrogens with zero attached hydrogens (tertiary/aromatic N) is 6. The Labute approximate surface area is 226 Å². The van der Waals surface area contributed by atoms with Gasteiger partial charge in [-0.25, -0.2) is 9.97 Å². The summed E-state index contributed by atoms with van der Waals surface area (Å²) in [5.74, 6) is 0.0149. The van der Waals surface area contributed by atoms with Crippen LogP contribution in [0.15, 0.2) is 55.2 Å². The molecule has 4 aromatic rings. The Morgan fingerprint density at radius 1 is 1.18 bits per heavy atom. The fourth-order valence-corrected chi connectivity index (χ4v) is 5.35. The van der Waals surface area contributed by atoms with Crippen LogP contribution in [0.4, 0.5) is 5.69 Å². The average Bonchev–Trinajstić information content (AvgIpc) is 3.70. The van der Waals surface area contributed by atoms with Crippen LogP contribution in [0, 0.1) is 17.2 Å². The van der Waals surface area contributed by atoms with Crippen LogP contribution in [-0.2, 0) is 27.3 Å². The first-order valence-corrected chi connectivity index (χ1v) is 13.3. The quantitative estimate of drug-likeness (QED) is 0.298. The number of nitriles is 1. The number of hydrogen-bond acceptors (Lipinski definition) is 7. The van der Waals surface area contributed by atoms with Crippen LogP contribution in [0.5, 0.6) is 0 Å². The van der Waals surface area contributed by atoms with Crippen molar-refractivity contribution in [1.82, 2.24) is 24.3 Å². The number of hydrogen-bond donors (Lipinski definition) is 1. The van der Waals surface area contributed by atoms with Gasteiger partial charge in [-0.15, -0.1) is 0 Å². The highest BCUT2D eigenvalue weighted by molar-refractivity contribution is 5.90. The number of rotatable bonds is 10. The molecule has 0 radical (unpaired) electrons. The largest absolute Gasteiger partial charge is 0.464 e. The van der Waals surface area contributed by atoms with Crippen LogP contribution in [0.2, 0.25) is 0 Å². The van der Waals surface area contributed by atoms with E-state index >= 15 is 0 Å². The van der Waals surface area contributed by atoms with Gasteiger partial charge in [-0.3, -0.25) is 14.3 Å². The summed E-state index contributed by atoms with van der Waals surface area (Å²) >= 11 is 0. The molecule has 0 bridgehead atoms. The molecule has 200 valence electrons. The number of fused-ring (bicyclic) bond motifs is 1. The number of anilines is 1. The normalized spacial score (nSPS) is 14.3. The minimum absolute atomic E-state index is 0.0815. The molecular formula is C29H31N7O3. The van der Waals surface area contributed by atoms with Crippen molar-refractivity contribution in [3.05, 3.63) is 60.8 Å². The van der Waals surface area contributed by atoms with Crippen LogP contribution in [0.25, 0.3) is 22.3 Å². The fraction of sp³-hybridized carbons (Fsp3) is 0.379. The predicted molar refractivity (Wildman–Crippen MR) is 145 cm³/mol. The lowest BCUT2D eigenvalue weighted by atomic mass is 9.96. The molecule has 1 fully saturated rings. The van der Waals surface area contributed by atoms with Crippen molar-refractivity contribution in [3.63, 3.8) is 0 Å². The SMILES string of the molecule is CC(=O)Nc1ccc(CC(=O)OCCn2ccc3c(-c4cnn([C@H](CC#N)C5CCCC5)c4)ncnc32)cc1. The minimum atomic E-state index is -0.323. The van der Waals surface area contributed by atoms with Crippen molar-refractivity contribution < 1.29 is 14.3 Å². The van der Waals surface area contributed by atoms with Gasteiger partial charge in [0.25, 0.3) is 0 Å². The summed E-state index contributed by atoms with van der Waals surface area (Å²) in [5, 5.41) is 17.6. The first-order valence-electron chi connectivity index (χ1n) is 13.3. The van der Waals surface area contributed by atoms with Crippen LogP contribution in [-0.4, -0.2) is 42.8 Å². The minimum Gasteiger partial charge on any atom is -0.464 e. The molecule has 5 rings (SSSR count). The van der Waals surface area contributed by atoms with E-state index in [1.54, 1.807) is 24.3 Å². The molecule has 1 saturated carbocycles. The summed E-state index contributed by atoms with van der Waals surface area (Å²) in [5.41, 5.74) is 3.91. The molecule has 10 heteroatoms. The average molecular weight is 526 g/mol. The number of carbonyl (C=O) groups is 2. The number of ether oxygens (including phenoxy) is 1. The summed E-state index contributed by atoms with van der Waals surface area (Å²) in [4.78, 5) is 32.5. The molecule has 0 spiro atoms. The molecule has 39 heavy (non-hydrogen) atoms. The van der Waals surface area contributed by atoms with Crippen molar-refractivity contribution in [2.45, 2.75) is 58.0 Å².